The second-order valence-corrected chi connectivity index (χ2v) is 5.83. The van der Waals surface area contributed by atoms with Crippen LogP contribution >= 0.6 is 0 Å². The molecule has 2 heteroatoms. The van der Waals surface area contributed by atoms with Crippen LogP contribution in [0.4, 0.5) is 0 Å². The van der Waals surface area contributed by atoms with Crippen LogP contribution in [0.2, 0.25) is 0 Å². The van der Waals surface area contributed by atoms with Gasteiger partial charge in [-0.15, -0.1) is 0 Å². The van der Waals surface area contributed by atoms with Crippen molar-refractivity contribution in [2.24, 2.45) is 5.92 Å². The van der Waals surface area contributed by atoms with E-state index < -0.39 is 0 Å². The summed E-state index contributed by atoms with van der Waals surface area (Å²) in [6.45, 7) is 22.0. The van der Waals surface area contributed by atoms with Gasteiger partial charge in [-0.25, -0.2) is 0 Å². The van der Waals surface area contributed by atoms with Gasteiger partial charge in [-0.1, -0.05) is 44.9 Å². The maximum Gasteiger partial charge on any atom is 0.119 e. The monoisotopic (exact) mass is 292 g/mol. The molecule has 0 fully saturated rings. The van der Waals surface area contributed by atoms with Crippen LogP contribution in [0.15, 0.2) is 49.8 Å². The fraction of sp³-hybridized carbons (Fsp3) is 0.579. The molecule has 0 aliphatic rings. The van der Waals surface area contributed by atoms with Crippen molar-refractivity contribution in [1.82, 2.24) is 0 Å². The Labute approximate surface area is 131 Å². The van der Waals surface area contributed by atoms with Crippen molar-refractivity contribution in [3.8, 4) is 0 Å². The first-order valence-corrected chi connectivity index (χ1v) is 7.78. The van der Waals surface area contributed by atoms with Crippen molar-refractivity contribution >= 4 is 0 Å². The molecule has 2 nitrogen and oxygen atoms in total. The van der Waals surface area contributed by atoms with Crippen LogP contribution in [0.3, 0.4) is 0 Å². The van der Waals surface area contributed by atoms with Gasteiger partial charge in [0.25, 0.3) is 0 Å². The molecule has 0 heterocycles. The van der Waals surface area contributed by atoms with E-state index in [9.17, 15) is 0 Å². The highest BCUT2D eigenvalue weighted by molar-refractivity contribution is 5.10. The van der Waals surface area contributed by atoms with Crippen LogP contribution in [0.1, 0.15) is 46.5 Å². The lowest BCUT2D eigenvalue weighted by molar-refractivity contribution is -0.0102. The Hall–Kier alpha value is -1.28. The summed E-state index contributed by atoms with van der Waals surface area (Å²) in [7, 11) is 0. The minimum atomic E-state index is 0.00582. The quantitative estimate of drug-likeness (QED) is 0.332. The lowest BCUT2D eigenvalue weighted by Crippen LogP contribution is -2.20. The van der Waals surface area contributed by atoms with Gasteiger partial charge in [-0.2, -0.15) is 0 Å². The fourth-order valence-electron chi connectivity index (χ4n) is 1.92. The number of hydrogen-bond acceptors (Lipinski definition) is 2. The third-order valence-corrected chi connectivity index (χ3v) is 3.51. The molecule has 0 aliphatic carbocycles. The third kappa shape index (κ3) is 11.1. The van der Waals surface area contributed by atoms with E-state index in [4.69, 9.17) is 9.47 Å². The van der Waals surface area contributed by atoms with Gasteiger partial charge >= 0.3 is 0 Å². The Kier molecular flexibility index (Phi) is 10.7. The summed E-state index contributed by atoms with van der Waals surface area (Å²) in [5.74, 6) is 1.27. The zero-order valence-corrected chi connectivity index (χ0v) is 14.1. The zero-order valence-electron chi connectivity index (χ0n) is 14.1. The van der Waals surface area contributed by atoms with E-state index in [0.717, 1.165) is 24.8 Å². The Bertz CT molecular complexity index is 343. The highest BCUT2D eigenvalue weighted by atomic mass is 16.5. The Balaban J connectivity index is 3.76. The normalized spacial score (nSPS) is 14.8. The first-order chi connectivity index (χ1) is 9.88. The molecule has 3 atom stereocenters. The zero-order chi connectivity index (χ0) is 16.3. The summed E-state index contributed by atoms with van der Waals surface area (Å²) in [6, 6.07) is 0. The van der Waals surface area contributed by atoms with Crippen LogP contribution in [-0.2, 0) is 9.47 Å². The van der Waals surface area contributed by atoms with Crippen molar-refractivity contribution in [2.45, 2.75) is 58.7 Å². The van der Waals surface area contributed by atoms with E-state index >= 15 is 0 Å². The maximum absolute atomic E-state index is 5.81. The van der Waals surface area contributed by atoms with Crippen molar-refractivity contribution in [1.29, 1.82) is 0 Å². The summed E-state index contributed by atoms with van der Waals surface area (Å²) >= 11 is 0. The number of rotatable bonds is 13. The third-order valence-electron chi connectivity index (χ3n) is 3.51. The second kappa shape index (κ2) is 11.4. The Morgan fingerprint density at radius 2 is 1.62 bits per heavy atom. The van der Waals surface area contributed by atoms with Gasteiger partial charge in [-0.05, 0) is 51.5 Å². The first kappa shape index (κ1) is 19.7. The topological polar surface area (TPSA) is 18.5 Å². The van der Waals surface area contributed by atoms with Crippen LogP contribution < -0.4 is 0 Å². The van der Waals surface area contributed by atoms with Gasteiger partial charge in [-0.3, -0.25) is 0 Å². The number of allylic oxidation sites excluding steroid dienone is 3. The number of ether oxygens (including phenoxy) is 2. The molecular weight excluding hydrogens is 260 g/mol. The SMILES string of the molecule is C=CC(=C)CCC(C)CCC(C)OCC(C)OC(=C)C=C. The minimum Gasteiger partial charge on any atom is -0.489 e. The van der Waals surface area contributed by atoms with E-state index in [0.29, 0.717) is 18.3 Å². The maximum atomic E-state index is 5.81. The molecule has 0 aromatic carbocycles. The summed E-state index contributed by atoms with van der Waals surface area (Å²) in [5, 5.41) is 0. The molecule has 0 aromatic heterocycles. The molecule has 0 aromatic rings. The summed E-state index contributed by atoms with van der Waals surface area (Å²) in [6.07, 6.45) is 8.14. The van der Waals surface area contributed by atoms with Crippen LogP contribution in [0.25, 0.3) is 0 Å². The van der Waals surface area contributed by atoms with Crippen molar-refractivity contribution in [2.75, 3.05) is 6.61 Å². The van der Waals surface area contributed by atoms with Gasteiger partial charge in [0.1, 0.15) is 11.9 Å². The average Bonchev–Trinajstić information content (AvgIpc) is 2.47. The van der Waals surface area contributed by atoms with E-state index in [-0.39, 0.29) is 12.2 Å². The van der Waals surface area contributed by atoms with Crippen LogP contribution in [0, 0.1) is 5.92 Å². The largest absolute Gasteiger partial charge is 0.489 e. The fourth-order valence-corrected chi connectivity index (χ4v) is 1.92. The molecule has 0 aliphatic heterocycles. The van der Waals surface area contributed by atoms with Gasteiger partial charge in [0, 0.05) is 0 Å². The van der Waals surface area contributed by atoms with E-state index in [2.05, 4.69) is 40.2 Å². The molecule has 0 radical (unpaired) electrons. The van der Waals surface area contributed by atoms with Crippen molar-refractivity contribution in [3.63, 3.8) is 0 Å². The standard InChI is InChI=1S/C19H32O2/c1-8-15(3)10-11-16(4)12-13-18(6)20-14-19(7)21-17(5)9-2/h8-9,16,18-19H,1-3,5,10-14H2,4,6-7H3. The highest BCUT2D eigenvalue weighted by Gasteiger charge is 2.10. The lowest BCUT2D eigenvalue weighted by atomic mass is 9.96. The molecule has 0 saturated carbocycles. The van der Waals surface area contributed by atoms with E-state index in [1.165, 1.54) is 6.42 Å². The first-order valence-electron chi connectivity index (χ1n) is 7.78. The molecule has 120 valence electrons. The summed E-state index contributed by atoms with van der Waals surface area (Å²) < 4.78 is 11.3. The number of hydrogen-bond donors (Lipinski definition) is 0. The van der Waals surface area contributed by atoms with Gasteiger partial charge in [0.05, 0.1) is 12.7 Å². The van der Waals surface area contributed by atoms with Gasteiger partial charge < -0.3 is 9.47 Å². The smallest absolute Gasteiger partial charge is 0.119 e. The molecule has 0 N–H and O–H groups in total. The predicted octanol–water partition coefficient (Wildman–Crippen LogP) is 5.44. The van der Waals surface area contributed by atoms with E-state index in [1.807, 2.05) is 13.0 Å². The van der Waals surface area contributed by atoms with Gasteiger partial charge in [0.15, 0.2) is 0 Å². The second-order valence-electron chi connectivity index (χ2n) is 5.83. The van der Waals surface area contributed by atoms with Crippen molar-refractivity contribution in [3.05, 3.63) is 49.8 Å². The molecule has 3 unspecified atom stereocenters. The molecule has 0 saturated heterocycles. The van der Waals surface area contributed by atoms with Crippen LogP contribution in [0.5, 0.6) is 0 Å². The molecule has 0 amide bonds. The van der Waals surface area contributed by atoms with Crippen LogP contribution in [-0.4, -0.2) is 18.8 Å². The summed E-state index contributed by atoms with van der Waals surface area (Å²) in [4.78, 5) is 0. The van der Waals surface area contributed by atoms with Gasteiger partial charge in [0.2, 0.25) is 0 Å². The highest BCUT2D eigenvalue weighted by Crippen LogP contribution is 2.18. The predicted molar refractivity (Wildman–Crippen MR) is 92.3 cm³/mol. The molecule has 0 spiro atoms. The molecule has 0 bridgehead atoms. The molecular formula is C19H32O2. The lowest BCUT2D eigenvalue weighted by Gasteiger charge is -2.20. The Morgan fingerprint density at radius 3 is 2.19 bits per heavy atom. The molecule has 21 heavy (non-hydrogen) atoms. The molecule has 0 rings (SSSR count). The summed E-state index contributed by atoms with van der Waals surface area (Å²) in [5.41, 5.74) is 1.12. The minimum absolute atomic E-state index is 0.00582. The Morgan fingerprint density at radius 1 is 0.952 bits per heavy atom. The average molecular weight is 292 g/mol. The van der Waals surface area contributed by atoms with E-state index in [1.54, 1.807) is 6.08 Å². The van der Waals surface area contributed by atoms with Crippen molar-refractivity contribution < 1.29 is 9.47 Å².